The van der Waals surface area contributed by atoms with Crippen LogP contribution in [0.5, 0.6) is 0 Å². The van der Waals surface area contributed by atoms with Crippen LogP contribution in [0.1, 0.15) is 27.9 Å². The average Bonchev–Trinajstić information content (AvgIpc) is 2.93. The number of benzene rings is 1. The first kappa shape index (κ1) is 15.6. The van der Waals surface area contributed by atoms with Crippen molar-refractivity contribution in [1.29, 1.82) is 0 Å². The van der Waals surface area contributed by atoms with Crippen molar-refractivity contribution >= 4 is 5.91 Å². The standard InChI is InChI=1S/C17H22N2O2/c1-13-9-14(5-4-8-20)11-15(10-13)17(21)19-7-6-16(12-19)18(2)3/h9-11,16,20H,6-8,12H2,1-3H3. The molecule has 0 aromatic heterocycles. The van der Waals surface area contributed by atoms with E-state index in [1.807, 2.05) is 38.1 Å². The molecule has 0 aliphatic carbocycles. The fourth-order valence-electron chi connectivity index (χ4n) is 2.65. The van der Waals surface area contributed by atoms with Gasteiger partial charge in [-0.2, -0.15) is 0 Å². The van der Waals surface area contributed by atoms with E-state index in [1.165, 1.54) is 0 Å². The molecule has 4 heteroatoms. The Labute approximate surface area is 126 Å². The second-order valence-electron chi connectivity index (χ2n) is 5.70. The van der Waals surface area contributed by atoms with Crippen LogP contribution in [0.2, 0.25) is 0 Å². The number of aryl methyl sites for hydroxylation is 1. The predicted molar refractivity (Wildman–Crippen MR) is 83.1 cm³/mol. The summed E-state index contributed by atoms with van der Waals surface area (Å²) in [5.74, 6) is 5.56. The van der Waals surface area contributed by atoms with E-state index in [9.17, 15) is 4.79 Å². The molecule has 0 saturated carbocycles. The first-order valence-corrected chi connectivity index (χ1v) is 7.18. The molecule has 21 heavy (non-hydrogen) atoms. The van der Waals surface area contributed by atoms with E-state index in [0.717, 1.165) is 30.6 Å². The zero-order valence-electron chi connectivity index (χ0n) is 12.9. The lowest BCUT2D eigenvalue weighted by atomic mass is 10.1. The number of rotatable bonds is 2. The van der Waals surface area contributed by atoms with Crippen LogP contribution < -0.4 is 0 Å². The molecule has 1 saturated heterocycles. The van der Waals surface area contributed by atoms with Crippen molar-refractivity contribution in [3.63, 3.8) is 0 Å². The Kier molecular flexibility index (Phi) is 5.00. The van der Waals surface area contributed by atoms with Crippen LogP contribution in [0, 0.1) is 18.8 Å². The minimum atomic E-state index is -0.173. The number of nitrogens with zero attached hydrogens (tertiary/aromatic N) is 2. The van der Waals surface area contributed by atoms with Crippen LogP contribution in [-0.4, -0.2) is 60.6 Å². The highest BCUT2D eigenvalue weighted by Gasteiger charge is 2.28. The molecule has 1 atom stereocenters. The molecule has 1 N–H and O–H groups in total. The van der Waals surface area contributed by atoms with Gasteiger partial charge in [-0.05, 0) is 51.2 Å². The summed E-state index contributed by atoms with van der Waals surface area (Å²) in [6.07, 6.45) is 1.02. The molecule has 1 aliphatic heterocycles. The van der Waals surface area contributed by atoms with E-state index in [1.54, 1.807) is 6.07 Å². The smallest absolute Gasteiger partial charge is 0.253 e. The fourth-order valence-corrected chi connectivity index (χ4v) is 2.65. The largest absolute Gasteiger partial charge is 0.384 e. The van der Waals surface area contributed by atoms with Crippen LogP contribution in [0.4, 0.5) is 0 Å². The number of hydrogen-bond donors (Lipinski definition) is 1. The van der Waals surface area contributed by atoms with Gasteiger partial charge in [-0.25, -0.2) is 0 Å². The number of likely N-dealkylation sites (N-methyl/N-ethyl adjacent to an activating group) is 1. The minimum absolute atomic E-state index is 0.0649. The maximum Gasteiger partial charge on any atom is 0.253 e. The van der Waals surface area contributed by atoms with Crippen molar-refractivity contribution in [3.8, 4) is 11.8 Å². The number of likely N-dealkylation sites (tertiary alicyclic amines) is 1. The Morgan fingerprint density at radius 3 is 2.81 bits per heavy atom. The molecule has 1 amide bonds. The van der Waals surface area contributed by atoms with Gasteiger partial charge in [0.2, 0.25) is 0 Å². The summed E-state index contributed by atoms with van der Waals surface area (Å²) in [5, 5.41) is 8.78. The molecule has 1 heterocycles. The minimum Gasteiger partial charge on any atom is -0.384 e. The maximum atomic E-state index is 12.6. The van der Waals surface area contributed by atoms with E-state index in [4.69, 9.17) is 5.11 Å². The molecule has 1 aromatic carbocycles. The van der Waals surface area contributed by atoms with Crippen LogP contribution in [0.15, 0.2) is 18.2 Å². The third kappa shape index (κ3) is 3.84. The van der Waals surface area contributed by atoms with Crippen molar-refractivity contribution < 1.29 is 9.90 Å². The zero-order valence-corrected chi connectivity index (χ0v) is 12.9. The van der Waals surface area contributed by atoms with Crippen molar-refractivity contribution in [2.45, 2.75) is 19.4 Å². The third-order valence-electron chi connectivity index (χ3n) is 3.82. The molecule has 112 valence electrons. The number of amides is 1. The summed E-state index contributed by atoms with van der Waals surface area (Å²) in [7, 11) is 4.10. The second kappa shape index (κ2) is 6.75. The number of carbonyl (C=O) groups excluding carboxylic acids is 1. The van der Waals surface area contributed by atoms with E-state index in [2.05, 4.69) is 16.7 Å². The Morgan fingerprint density at radius 2 is 2.19 bits per heavy atom. The summed E-state index contributed by atoms with van der Waals surface area (Å²) < 4.78 is 0. The monoisotopic (exact) mass is 286 g/mol. The molecule has 0 spiro atoms. The van der Waals surface area contributed by atoms with Gasteiger partial charge < -0.3 is 14.9 Å². The van der Waals surface area contributed by atoms with Gasteiger partial charge in [0.15, 0.2) is 0 Å². The van der Waals surface area contributed by atoms with Crippen LogP contribution in [-0.2, 0) is 0 Å². The quantitative estimate of drug-likeness (QED) is 0.829. The van der Waals surface area contributed by atoms with Crippen molar-refractivity contribution in [2.75, 3.05) is 33.8 Å². The Bertz CT molecular complexity index is 584. The van der Waals surface area contributed by atoms with Crippen molar-refractivity contribution in [3.05, 3.63) is 34.9 Å². The Hall–Kier alpha value is -1.83. The highest BCUT2D eigenvalue weighted by atomic mass is 16.2. The van der Waals surface area contributed by atoms with Gasteiger partial charge in [-0.15, -0.1) is 0 Å². The first-order valence-electron chi connectivity index (χ1n) is 7.18. The van der Waals surface area contributed by atoms with Gasteiger partial charge in [-0.1, -0.05) is 11.8 Å². The first-order chi connectivity index (χ1) is 10.0. The highest BCUT2D eigenvalue weighted by molar-refractivity contribution is 5.95. The SMILES string of the molecule is Cc1cc(C#CCO)cc(C(=O)N2CCC(N(C)C)C2)c1. The molecule has 1 unspecified atom stereocenters. The number of aliphatic hydroxyl groups excluding tert-OH is 1. The van der Waals surface area contributed by atoms with E-state index in [0.29, 0.717) is 11.6 Å². The molecule has 1 aromatic rings. The highest BCUT2D eigenvalue weighted by Crippen LogP contribution is 2.18. The van der Waals surface area contributed by atoms with E-state index < -0.39 is 0 Å². The second-order valence-corrected chi connectivity index (χ2v) is 5.70. The van der Waals surface area contributed by atoms with E-state index >= 15 is 0 Å². The van der Waals surface area contributed by atoms with Gasteiger partial charge in [-0.3, -0.25) is 4.79 Å². The Morgan fingerprint density at radius 1 is 1.43 bits per heavy atom. The lowest BCUT2D eigenvalue weighted by molar-refractivity contribution is 0.0783. The number of aliphatic hydroxyl groups is 1. The third-order valence-corrected chi connectivity index (χ3v) is 3.82. The van der Waals surface area contributed by atoms with Crippen LogP contribution >= 0.6 is 0 Å². The van der Waals surface area contributed by atoms with Crippen molar-refractivity contribution in [1.82, 2.24) is 9.80 Å². The van der Waals surface area contributed by atoms with Crippen molar-refractivity contribution in [2.24, 2.45) is 0 Å². The molecule has 1 aliphatic rings. The maximum absolute atomic E-state index is 12.6. The lowest BCUT2D eigenvalue weighted by Crippen LogP contribution is -2.34. The molecule has 0 radical (unpaired) electrons. The van der Waals surface area contributed by atoms with Crippen LogP contribution in [0.25, 0.3) is 0 Å². The summed E-state index contributed by atoms with van der Waals surface area (Å²) >= 11 is 0. The predicted octanol–water partition coefficient (Wildman–Crippen LogP) is 1.11. The number of hydrogen-bond acceptors (Lipinski definition) is 3. The van der Waals surface area contributed by atoms with Gasteiger partial charge in [0, 0.05) is 30.3 Å². The van der Waals surface area contributed by atoms with Gasteiger partial charge in [0.05, 0.1) is 0 Å². The zero-order chi connectivity index (χ0) is 15.4. The van der Waals surface area contributed by atoms with Gasteiger partial charge in [0.1, 0.15) is 6.61 Å². The summed E-state index contributed by atoms with van der Waals surface area (Å²) in [5.41, 5.74) is 2.46. The summed E-state index contributed by atoms with van der Waals surface area (Å²) in [4.78, 5) is 16.7. The number of carbonyl (C=O) groups is 1. The molecule has 4 nitrogen and oxygen atoms in total. The molecule has 1 fully saturated rings. The molecular weight excluding hydrogens is 264 g/mol. The molecule has 0 bridgehead atoms. The summed E-state index contributed by atoms with van der Waals surface area (Å²) in [6.45, 7) is 3.35. The van der Waals surface area contributed by atoms with E-state index in [-0.39, 0.29) is 12.5 Å². The summed E-state index contributed by atoms with van der Waals surface area (Å²) in [6, 6.07) is 6.06. The molecular formula is C17H22N2O2. The normalized spacial score (nSPS) is 17.8. The molecule has 2 rings (SSSR count). The topological polar surface area (TPSA) is 43.8 Å². The Balaban J connectivity index is 2.18. The fraction of sp³-hybridized carbons (Fsp3) is 0.471. The van der Waals surface area contributed by atoms with Crippen LogP contribution in [0.3, 0.4) is 0 Å². The van der Waals surface area contributed by atoms with Gasteiger partial charge in [0.25, 0.3) is 5.91 Å². The average molecular weight is 286 g/mol. The lowest BCUT2D eigenvalue weighted by Gasteiger charge is -2.20. The van der Waals surface area contributed by atoms with Gasteiger partial charge >= 0.3 is 0 Å².